The molecule has 2 aromatic carbocycles. The molecule has 1 unspecified atom stereocenters. The number of benzene rings is 2. The van der Waals surface area contributed by atoms with E-state index in [0.717, 1.165) is 25.2 Å². The molecule has 0 aromatic heterocycles. The second-order valence-electron chi connectivity index (χ2n) is 10.8. The predicted octanol–water partition coefficient (Wildman–Crippen LogP) is 6.89. The second-order valence-corrected chi connectivity index (χ2v) is 10.8. The molecule has 3 rings (SSSR count). The summed E-state index contributed by atoms with van der Waals surface area (Å²) in [5.41, 5.74) is 0.466. The first-order valence-corrected chi connectivity index (χ1v) is 12.6. The van der Waals surface area contributed by atoms with E-state index in [4.69, 9.17) is 4.74 Å². The monoisotopic (exact) mass is 484 g/mol. The molecule has 1 atom stereocenters. The minimum absolute atomic E-state index is 0.0670. The summed E-state index contributed by atoms with van der Waals surface area (Å²) >= 11 is 0. The van der Waals surface area contributed by atoms with Crippen LogP contribution in [-0.2, 0) is 4.74 Å². The van der Waals surface area contributed by atoms with Gasteiger partial charge in [0.1, 0.15) is 29.7 Å². The van der Waals surface area contributed by atoms with Crippen LogP contribution < -0.4 is 10.2 Å². The van der Waals surface area contributed by atoms with Gasteiger partial charge in [-0.25, -0.2) is 0 Å². The summed E-state index contributed by atoms with van der Waals surface area (Å²) in [6, 6.07) is 7.25. The molecule has 2 aromatic rings. The molecule has 0 bridgehead atoms. The van der Waals surface area contributed by atoms with E-state index >= 15 is 0 Å². The van der Waals surface area contributed by atoms with Gasteiger partial charge >= 0.3 is 0 Å². The maximum Gasteiger partial charge on any atom is 0.262 e. The molecule has 1 aliphatic heterocycles. The van der Waals surface area contributed by atoms with Crippen molar-refractivity contribution in [1.82, 2.24) is 0 Å². The van der Waals surface area contributed by atoms with E-state index in [-0.39, 0.29) is 46.6 Å². The lowest BCUT2D eigenvalue weighted by Gasteiger charge is -2.31. The Morgan fingerprint density at radius 1 is 0.971 bits per heavy atom. The number of carbonyl (C=O) groups excluding carboxylic acids is 1. The van der Waals surface area contributed by atoms with E-state index in [1.807, 2.05) is 13.8 Å². The minimum atomic E-state index is -0.474. The van der Waals surface area contributed by atoms with Crippen molar-refractivity contribution in [2.75, 3.05) is 16.9 Å². The lowest BCUT2D eigenvalue weighted by molar-refractivity contribution is -0.0236. The van der Waals surface area contributed by atoms with Crippen molar-refractivity contribution >= 4 is 23.0 Å². The highest BCUT2D eigenvalue weighted by Gasteiger charge is 2.32. The summed E-state index contributed by atoms with van der Waals surface area (Å²) < 4.78 is 6.22. The van der Waals surface area contributed by atoms with Crippen molar-refractivity contribution in [1.29, 1.82) is 0 Å². The number of amides is 1. The van der Waals surface area contributed by atoms with Gasteiger partial charge in [0.05, 0.1) is 22.5 Å². The zero-order chi connectivity index (χ0) is 25.8. The first-order valence-electron chi connectivity index (χ1n) is 12.6. The lowest BCUT2D eigenvalue weighted by atomic mass is 9.92. The van der Waals surface area contributed by atoms with Crippen LogP contribution in [-0.4, -0.2) is 33.6 Å². The fourth-order valence-corrected chi connectivity index (χ4v) is 4.50. The number of phenolic OH excluding ortho intramolecular Hbond substituents is 3. The number of phenols is 3. The molecule has 4 N–H and O–H groups in total. The van der Waals surface area contributed by atoms with Crippen LogP contribution in [0.15, 0.2) is 30.3 Å². The van der Waals surface area contributed by atoms with Crippen molar-refractivity contribution in [2.45, 2.75) is 78.7 Å². The quantitative estimate of drug-likeness (QED) is 0.204. The third-order valence-corrected chi connectivity index (χ3v) is 6.68. The first-order chi connectivity index (χ1) is 16.5. The van der Waals surface area contributed by atoms with Gasteiger partial charge in [-0.05, 0) is 44.2 Å². The molecule has 0 aliphatic carbocycles. The van der Waals surface area contributed by atoms with E-state index in [2.05, 4.69) is 26.1 Å². The zero-order valence-electron chi connectivity index (χ0n) is 21.6. The molecule has 192 valence electrons. The minimum Gasteiger partial charge on any atom is -0.508 e. The maximum absolute atomic E-state index is 13.5. The second kappa shape index (κ2) is 11.2. The molecule has 0 fully saturated rings. The number of anilines is 3. The van der Waals surface area contributed by atoms with E-state index in [9.17, 15) is 20.1 Å². The smallest absolute Gasteiger partial charge is 0.262 e. The van der Waals surface area contributed by atoms with Gasteiger partial charge in [-0.1, -0.05) is 58.9 Å². The molecular formula is C28H40N2O5. The number of ether oxygens (including phenoxy) is 1. The number of carbonyl (C=O) groups is 1. The van der Waals surface area contributed by atoms with Gasteiger partial charge in [0.15, 0.2) is 0 Å². The standard InChI is InChI=1S/C28H40N2O5/c1-18(2)9-6-10-19(3)11-8-14-28(4,5)35-17-30-22-15-20(31)16-24(33)26(22)29-25-21(27(30)34)12-7-13-23(25)32/h7,12-13,15-16,18-19,29,31-33H,6,8-11,14,17H2,1-5H3. The molecule has 7 nitrogen and oxygen atoms in total. The Morgan fingerprint density at radius 3 is 2.40 bits per heavy atom. The molecule has 1 heterocycles. The molecule has 0 saturated carbocycles. The predicted molar refractivity (Wildman–Crippen MR) is 140 cm³/mol. The maximum atomic E-state index is 13.5. The SMILES string of the molecule is CC(C)CCCC(C)CCCC(C)(C)OCN1C(=O)c2cccc(O)c2Nc2c(O)cc(O)cc21. The highest BCUT2D eigenvalue weighted by Crippen LogP contribution is 2.45. The Bertz CT molecular complexity index is 1030. The summed E-state index contributed by atoms with van der Waals surface area (Å²) in [5, 5.41) is 33.9. The molecule has 0 spiro atoms. The number of nitrogens with zero attached hydrogens (tertiary/aromatic N) is 1. The number of hydrogen-bond acceptors (Lipinski definition) is 6. The number of hydrogen-bond donors (Lipinski definition) is 4. The number of rotatable bonds is 11. The number of para-hydroxylation sites is 1. The number of nitrogens with one attached hydrogen (secondary N) is 1. The van der Waals surface area contributed by atoms with Gasteiger partial charge in [0, 0.05) is 12.1 Å². The van der Waals surface area contributed by atoms with Gasteiger partial charge in [0.2, 0.25) is 0 Å². The van der Waals surface area contributed by atoms with Crippen LogP contribution in [0.4, 0.5) is 17.1 Å². The number of fused-ring (bicyclic) bond motifs is 2. The van der Waals surface area contributed by atoms with Crippen molar-refractivity contribution in [3.05, 3.63) is 35.9 Å². The molecule has 35 heavy (non-hydrogen) atoms. The average molecular weight is 485 g/mol. The molecule has 1 amide bonds. The summed E-state index contributed by atoms with van der Waals surface area (Å²) in [5.74, 6) is 0.490. The van der Waals surface area contributed by atoms with Crippen LogP contribution in [0.5, 0.6) is 17.2 Å². The van der Waals surface area contributed by atoms with Gasteiger partial charge in [-0.2, -0.15) is 0 Å². The highest BCUT2D eigenvalue weighted by molar-refractivity contribution is 6.15. The average Bonchev–Trinajstić information content (AvgIpc) is 2.87. The topological polar surface area (TPSA) is 102 Å². The van der Waals surface area contributed by atoms with Crippen molar-refractivity contribution < 1.29 is 24.9 Å². The summed E-state index contributed by atoms with van der Waals surface area (Å²) in [6.07, 6.45) is 6.78. The van der Waals surface area contributed by atoms with Gasteiger partial charge in [-0.15, -0.1) is 0 Å². The summed E-state index contributed by atoms with van der Waals surface area (Å²) in [6.45, 7) is 10.8. The normalized spacial score (nSPS) is 14.3. The van der Waals surface area contributed by atoms with Crippen molar-refractivity contribution in [3.8, 4) is 17.2 Å². The van der Waals surface area contributed by atoms with E-state index in [1.54, 1.807) is 12.1 Å². The Hall–Kier alpha value is -2.93. The lowest BCUT2D eigenvalue weighted by Crippen LogP contribution is -2.37. The summed E-state index contributed by atoms with van der Waals surface area (Å²) in [7, 11) is 0. The van der Waals surface area contributed by atoms with Gasteiger partial charge in [0.25, 0.3) is 5.91 Å². The van der Waals surface area contributed by atoms with E-state index in [1.165, 1.54) is 42.4 Å². The number of aromatic hydroxyl groups is 3. The van der Waals surface area contributed by atoms with Crippen LogP contribution in [0.2, 0.25) is 0 Å². The largest absolute Gasteiger partial charge is 0.508 e. The summed E-state index contributed by atoms with van der Waals surface area (Å²) in [4.78, 5) is 14.9. The van der Waals surface area contributed by atoms with Crippen LogP contribution >= 0.6 is 0 Å². The van der Waals surface area contributed by atoms with E-state index < -0.39 is 11.5 Å². The molecule has 7 heteroatoms. The highest BCUT2D eigenvalue weighted by atomic mass is 16.5. The molecule has 0 saturated heterocycles. The van der Waals surface area contributed by atoms with Crippen molar-refractivity contribution in [2.24, 2.45) is 11.8 Å². The first kappa shape index (κ1) is 26.7. The molecule has 1 aliphatic rings. The van der Waals surface area contributed by atoms with Crippen LogP contribution in [0, 0.1) is 11.8 Å². The molecule has 0 radical (unpaired) electrons. The Labute approximate surface area is 208 Å². The van der Waals surface area contributed by atoms with Crippen LogP contribution in [0.3, 0.4) is 0 Å². The van der Waals surface area contributed by atoms with Gasteiger partial charge < -0.3 is 25.4 Å². The third kappa shape index (κ3) is 6.82. The fourth-order valence-electron chi connectivity index (χ4n) is 4.50. The third-order valence-electron chi connectivity index (χ3n) is 6.68. The van der Waals surface area contributed by atoms with Gasteiger partial charge in [-0.3, -0.25) is 9.69 Å². The Morgan fingerprint density at radius 2 is 1.69 bits per heavy atom. The Balaban J connectivity index is 1.71. The Kier molecular flexibility index (Phi) is 8.54. The van der Waals surface area contributed by atoms with E-state index in [0.29, 0.717) is 5.92 Å². The van der Waals surface area contributed by atoms with Crippen molar-refractivity contribution in [3.63, 3.8) is 0 Å². The van der Waals surface area contributed by atoms with Crippen LogP contribution in [0.1, 0.15) is 83.5 Å². The zero-order valence-corrected chi connectivity index (χ0v) is 21.6. The molecular weight excluding hydrogens is 444 g/mol. The fraction of sp³-hybridized carbons (Fsp3) is 0.536. The van der Waals surface area contributed by atoms with Crippen LogP contribution in [0.25, 0.3) is 0 Å².